The van der Waals surface area contributed by atoms with Crippen molar-refractivity contribution in [2.75, 3.05) is 19.6 Å². The van der Waals surface area contributed by atoms with E-state index in [0.717, 1.165) is 26.1 Å². The van der Waals surface area contributed by atoms with Crippen LogP contribution in [0.2, 0.25) is 0 Å². The van der Waals surface area contributed by atoms with Gasteiger partial charge in [0.2, 0.25) is 0 Å². The minimum absolute atomic E-state index is 0.0873. The Morgan fingerprint density at radius 1 is 1.75 bits per heavy atom. The van der Waals surface area contributed by atoms with Crippen molar-refractivity contribution < 1.29 is 4.79 Å². The van der Waals surface area contributed by atoms with Crippen LogP contribution in [0.5, 0.6) is 0 Å². The van der Waals surface area contributed by atoms with Gasteiger partial charge in [-0.15, -0.1) is 0 Å². The summed E-state index contributed by atoms with van der Waals surface area (Å²) in [5.41, 5.74) is 0.677. The van der Waals surface area contributed by atoms with Gasteiger partial charge in [-0.2, -0.15) is 5.10 Å². The van der Waals surface area contributed by atoms with Crippen molar-refractivity contribution in [2.24, 2.45) is 7.05 Å². The molecule has 1 saturated heterocycles. The molecule has 1 aromatic heterocycles. The first-order chi connectivity index (χ1) is 7.72. The maximum Gasteiger partial charge on any atom is 0.257 e. The smallest absolute Gasteiger partial charge is 0.257 e. The Balaban J connectivity index is 2.11. The Morgan fingerprint density at radius 3 is 3.06 bits per heavy atom. The van der Waals surface area contributed by atoms with Gasteiger partial charge in [-0.05, 0) is 19.9 Å². The van der Waals surface area contributed by atoms with E-state index < -0.39 is 0 Å². The van der Waals surface area contributed by atoms with E-state index >= 15 is 0 Å². The fourth-order valence-electron chi connectivity index (χ4n) is 2.17. The van der Waals surface area contributed by atoms with E-state index in [1.165, 1.54) is 0 Å². The number of hydrogen-bond donors (Lipinski definition) is 1. The highest BCUT2D eigenvalue weighted by Crippen LogP contribution is 2.12. The second kappa shape index (κ2) is 4.65. The molecule has 5 nitrogen and oxygen atoms in total. The Kier molecular flexibility index (Phi) is 3.24. The predicted octanol–water partition coefficient (Wildman–Crippen LogP) is 0.244. The molecule has 88 valence electrons. The maximum absolute atomic E-state index is 12.2. The van der Waals surface area contributed by atoms with Crippen molar-refractivity contribution in [3.05, 3.63) is 18.0 Å². The Labute approximate surface area is 95.4 Å². The van der Waals surface area contributed by atoms with Gasteiger partial charge in [0.25, 0.3) is 5.91 Å². The number of nitrogens with one attached hydrogen (secondary N) is 1. The predicted molar refractivity (Wildman–Crippen MR) is 61.2 cm³/mol. The van der Waals surface area contributed by atoms with Crippen LogP contribution < -0.4 is 5.32 Å². The molecule has 1 aliphatic heterocycles. The Hall–Kier alpha value is -1.36. The molecule has 0 saturated carbocycles. The molecule has 1 N–H and O–H groups in total. The molecule has 0 radical (unpaired) electrons. The van der Waals surface area contributed by atoms with E-state index in [2.05, 4.69) is 10.4 Å². The molecule has 2 heterocycles. The first-order valence-corrected chi connectivity index (χ1v) is 5.72. The molecule has 1 aliphatic rings. The Bertz CT molecular complexity index is 368. The lowest BCUT2D eigenvalue weighted by Gasteiger charge is -2.26. The van der Waals surface area contributed by atoms with E-state index in [1.807, 2.05) is 18.9 Å². The van der Waals surface area contributed by atoms with Crippen molar-refractivity contribution >= 4 is 5.91 Å². The second-order valence-electron chi connectivity index (χ2n) is 4.14. The minimum Gasteiger partial charge on any atom is -0.335 e. The topological polar surface area (TPSA) is 50.2 Å². The highest BCUT2D eigenvalue weighted by atomic mass is 16.2. The molecule has 5 heteroatoms. The van der Waals surface area contributed by atoms with Crippen LogP contribution in [-0.2, 0) is 7.05 Å². The summed E-state index contributed by atoms with van der Waals surface area (Å²) in [5, 5.41) is 7.32. The van der Waals surface area contributed by atoms with Gasteiger partial charge in [-0.25, -0.2) is 0 Å². The number of aryl methyl sites for hydroxylation is 1. The molecule has 1 fully saturated rings. The summed E-state index contributed by atoms with van der Waals surface area (Å²) in [6.45, 7) is 4.67. The number of likely N-dealkylation sites (N-methyl/N-ethyl adjacent to an activating group) is 1. The summed E-state index contributed by atoms with van der Waals surface area (Å²) in [6.07, 6.45) is 4.45. The van der Waals surface area contributed by atoms with Crippen LogP contribution in [-0.4, -0.2) is 46.3 Å². The lowest BCUT2D eigenvalue weighted by atomic mass is 10.2. The molecular weight excluding hydrogens is 204 g/mol. The van der Waals surface area contributed by atoms with Crippen LogP contribution in [0.15, 0.2) is 12.4 Å². The molecule has 1 amide bonds. The molecule has 1 aromatic rings. The monoisotopic (exact) mass is 222 g/mol. The molecule has 0 aromatic carbocycles. The lowest BCUT2D eigenvalue weighted by molar-refractivity contribution is 0.0703. The molecule has 1 unspecified atom stereocenters. The van der Waals surface area contributed by atoms with Crippen LogP contribution in [0.1, 0.15) is 23.7 Å². The van der Waals surface area contributed by atoms with Gasteiger partial charge < -0.3 is 10.2 Å². The minimum atomic E-state index is 0.0873. The standard InChI is InChI=1S/C11H18N4O/c1-3-15(10-4-5-12-7-10)11(16)9-6-13-14(2)8-9/h6,8,10,12H,3-5,7H2,1-2H3. The number of aromatic nitrogens is 2. The highest BCUT2D eigenvalue weighted by molar-refractivity contribution is 5.94. The lowest BCUT2D eigenvalue weighted by Crippen LogP contribution is -2.41. The van der Waals surface area contributed by atoms with Crippen molar-refractivity contribution in [2.45, 2.75) is 19.4 Å². The van der Waals surface area contributed by atoms with Crippen LogP contribution in [0.4, 0.5) is 0 Å². The number of carbonyl (C=O) groups is 1. The molecule has 0 spiro atoms. The van der Waals surface area contributed by atoms with Crippen molar-refractivity contribution in [1.29, 1.82) is 0 Å². The van der Waals surface area contributed by atoms with Gasteiger partial charge in [-0.3, -0.25) is 9.48 Å². The van der Waals surface area contributed by atoms with Crippen LogP contribution >= 0.6 is 0 Å². The van der Waals surface area contributed by atoms with Crippen molar-refractivity contribution in [3.63, 3.8) is 0 Å². The van der Waals surface area contributed by atoms with Crippen LogP contribution in [0, 0.1) is 0 Å². The zero-order valence-electron chi connectivity index (χ0n) is 9.81. The average molecular weight is 222 g/mol. The zero-order chi connectivity index (χ0) is 11.5. The van der Waals surface area contributed by atoms with Gasteiger partial charge >= 0.3 is 0 Å². The summed E-state index contributed by atoms with van der Waals surface area (Å²) >= 11 is 0. The number of hydrogen-bond acceptors (Lipinski definition) is 3. The zero-order valence-corrected chi connectivity index (χ0v) is 9.81. The average Bonchev–Trinajstić information content (AvgIpc) is 2.90. The number of nitrogens with zero attached hydrogens (tertiary/aromatic N) is 3. The van der Waals surface area contributed by atoms with E-state index in [0.29, 0.717) is 11.6 Å². The molecule has 16 heavy (non-hydrogen) atoms. The summed E-state index contributed by atoms with van der Waals surface area (Å²) in [4.78, 5) is 14.1. The maximum atomic E-state index is 12.2. The fourth-order valence-corrected chi connectivity index (χ4v) is 2.17. The normalized spacial score (nSPS) is 20.0. The number of amides is 1. The summed E-state index contributed by atoms with van der Waals surface area (Å²) in [6, 6.07) is 0.331. The van der Waals surface area contributed by atoms with E-state index in [1.54, 1.807) is 17.1 Å². The molecular formula is C11H18N4O. The SMILES string of the molecule is CCN(C(=O)c1cnn(C)c1)C1CCNC1. The molecule has 0 aliphatic carbocycles. The number of rotatable bonds is 3. The van der Waals surface area contributed by atoms with Gasteiger partial charge in [0.15, 0.2) is 0 Å². The Morgan fingerprint density at radius 2 is 2.56 bits per heavy atom. The van der Waals surface area contributed by atoms with Gasteiger partial charge in [0.05, 0.1) is 11.8 Å². The van der Waals surface area contributed by atoms with E-state index in [9.17, 15) is 4.79 Å². The molecule has 1 atom stereocenters. The van der Waals surface area contributed by atoms with Crippen LogP contribution in [0.25, 0.3) is 0 Å². The van der Waals surface area contributed by atoms with Crippen molar-refractivity contribution in [1.82, 2.24) is 20.0 Å². The third-order valence-electron chi connectivity index (χ3n) is 3.03. The summed E-state index contributed by atoms with van der Waals surface area (Å²) < 4.78 is 1.66. The van der Waals surface area contributed by atoms with E-state index in [-0.39, 0.29) is 5.91 Å². The number of carbonyl (C=O) groups excluding carboxylic acids is 1. The van der Waals surface area contributed by atoms with Crippen molar-refractivity contribution in [3.8, 4) is 0 Å². The third kappa shape index (κ3) is 2.09. The summed E-state index contributed by atoms with van der Waals surface area (Å²) in [7, 11) is 1.82. The van der Waals surface area contributed by atoms with Crippen LogP contribution in [0.3, 0.4) is 0 Å². The third-order valence-corrected chi connectivity index (χ3v) is 3.03. The van der Waals surface area contributed by atoms with Gasteiger partial charge in [0.1, 0.15) is 0 Å². The summed E-state index contributed by atoms with van der Waals surface area (Å²) in [5.74, 6) is 0.0873. The fraction of sp³-hybridized carbons (Fsp3) is 0.636. The quantitative estimate of drug-likeness (QED) is 0.797. The molecule has 0 bridgehead atoms. The molecule has 2 rings (SSSR count). The van der Waals surface area contributed by atoms with Gasteiger partial charge in [0, 0.05) is 32.4 Å². The first kappa shape index (κ1) is 11.1. The largest absolute Gasteiger partial charge is 0.335 e. The second-order valence-corrected chi connectivity index (χ2v) is 4.14. The highest BCUT2D eigenvalue weighted by Gasteiger charge is 2.26. The first-order valence-electron chi connectivity index (χ1n) is 5.72. The van der Waals surface area contributed by atoms with Gasteiger partial charge in [-0.1, -0.05) is 0 Å². The van der Waals surface area contributed by atoms with E-state index in [4.69, 9.17) is 0 Å².